The van der Waals surface area contributed by atoms with Gasteiger partial charge in [-0.1, -0.05) is 42.4 Å². The zero-order chi connectivity index (χ0) is 14.5. The molecule has 2 fully saturated rings. The van der Waals surface area contributed by atoms with Gasteiger partial charge in [-0.05, 0) is 56.4 Å². The van der Waals surface area contributed by atoms with Gasteiger partial charge in [0.05, 0.1) is 0 Å². The van der Waals surface area contributed by atoms with E-state index >= 15 is 0 Å². The summed E-state index contributed by atoms with van der Waals surface area (Å²) in [5.74, 6) is 1.81. The Balaban J connectivity index is 1.85. The first-order valence-corrected chi connectivity index (χ1v) is 7.49. The molecule has 1 N–H and O–H groups in total. The molecule has 2 saturated carbocycles. The molecule has 0 spiro atoms. The van der Waals surface area contributed by atoms with E-state index < -0.39 is 5.97 Å². The fourth-order valence-electron chi connectivity index (χ4n) is 3.46. The minimum atomic E-state index is -0.899. The zero-order valence-electron chi connectivity index (χ0n) is 12.4. The molecule has 3 atom stereocenters. The summed E-state index contributed by atoms with van der Waals surface area (Å²) >= 11 is 0. The zero-order valence-corrected chi connectivity index (χ0v) is 12.4. The van der Waals surface area contributed by atoms with E-state index in [1.807, 2.05) is 18.2 Å². The normalized spacial score (nSPS) is 30.8. The molecule has 2 bridgehead atoms. The van der Waals surface area contributed by atoms with E-state index in [9.17, 15) is 4.79 Å². The van der Waals surface area contributed by atoms with Gasteiger partial charge in [-0.15, -0.1) is 0 Å². The molecule has 2 rings (SSSR count). The van der Waals surface area contributed by atoms with Crippen LogP contribution in [-0.2, 0) is 4.79 Å². The summed E-state index contributed by atoms with van der Waals surface area (Å²) in [5, 5.41) is 8.61. The van der Waals surface area contributed by atoms with Gasteiger partial charge in [-0.3, -0.25) is 0 Å². The van der Waals surface area contributed by atoms with Crippen LogP contribution in [0.3, 0.4) is 0 Å². The molecule has 0 aromatic carbocycles. The van der Waals surface area contributed by atoms with Crippen molar-refractivity contribution >= 4 is 5.97 Å². The topological polar surface area (TPSA) is 37.3 Å². The minimum Gasteiger partial charge on any atom is -0.478 e. The summed E-state index contributed by atoms with van der Waals surface area (Å²) in [6, 6.07) is 0. The fraction of sp³-hybridized carbons (Fsp3) is 0.500. The first kappa shape index (κ1) is 14.8. The highest BCUT2D eigenvalue weighted by Gasteiger charge is 2.37. The van der Waals surface area contributed by atoms with Crippen LogP contribution in [0.15, 0.2) is 47.6 Å². The molecule has 108 valence electrons. The Labute approximate surface area is 121 Å². The average molecular weight is 272 g/mol. The van der Waals surface area contributed by atoms with Crippen molar-refractivity contribution in [2.45, 2.75) is 39.5 Å². The molecule has 2 aliphatic carbocycles. The summed E-state index contributed by atoms with van der Waals surface area (Å²) in [5.41, 5.74) is 1.96. The number of aliphatic carboxylic acids is 1. The summed E-state index contributed by atoms with van der Waals surface area (Å²) in [4.78, 5) is 10.5. The van der Waals surface area contributed by atoms with Crippen LogP contribution in [0.5, 0.6) is 0 Å². The third-order valence-electron chi connectivity index (χ3n) is 4.47. The molecule has 0 radical (unpaired) electrons. The number of allylic oxidation sites excluding steroid dienone is 7. The Kier molecular flexibility index (Phi) is 4.99. The van der Waals surface area contributed by atoms with Crippen LogP contribution in [0.25, 0.3) is 0 Å². The Hall–Kier alpha value is -1.57. The lowest BCUT2D eigenvalue weighted by Gasteiger charge is -2.17. The summed E-state index contributed by atoms with van der Waals surface area (Å²) in [6.07, 6.45) is 17.3. The van der Waals surface area contributed by atoms with Crippen molar-refractivity contribution in [3.05, 3.63) is 47.6 Å². The molecular weight excluding hydrogens is 248 g/mol. The maximum atomic E-state index is 10.5. The second-order valence-electron chi connectivity index (χ2n) is 6.19. The Morgan fingerprint density at radius 3 is 2.50 bits per heavy atom. The van der Waals surface area contributed by atoms with E-state index in [1.54, 1.807) is 6.92 Å². The van der Waals surface area contributed by atoms with Gasteiger partial charge in [-0.25, -0.2) is 4.79 Å². The van der Waals surface area contributed by atoms with Crippen LogP contribution >= 0.6 is 0 Å². The molecule has 2 heteroatoms. The summed E-state index contributed by atoms with van der Waals surface area (Å²) in [7, 11) is 0. The Morgan fingerprint density at radius 2 is 1.90 bits per heavy atom. The highest BCUT2D eigenvalue weighted by atomic mass is 16.4. The number of fused-ring (bicyclic) bond motifs is 2. The Morgan fingerprint density at radius 1 is 1.10 bits per heavy atom. The van der Waals surface area contributed by atoms with Crippen LogP contribution in [-0.4, -0.2) is 11.1 Å². The van der Waals surface area contributed by atoms with E-state index in [1.165, 1.54) is 37.3 Å². The van der Waals surface area contributed by atoms with Crippen LogP contribution in [0.2, 0.25) is 0 Å². The summed E-state index contributed by atoms with van der Waals surface area (Å²) < 4.78 is 0. The predicted molar refractivity (Wildman–Crippen MR) is 82.4 cm³/mol. The van der Waals surface area contributed by atoms with E-state index in [2.05, 4.69) is 19.1 Å². The molecular formula is C18H24O2. The van der Waals surface area contributed by atoms with Gasteiger partial charge < -0.3 is 5.11 Å². The second kappa shape index (κ2) is 6.74. The largest absolute Gasteiger partial charge is 0.478 e. The number of rotatable bonds is 5. The lowest BCUT2D eigenvalue weighted by Crippen LogP contribution is -2.06. The molecule has 0 aliphatic heterocycles. The van der Waals surface area contributed by atoms with Gasteiger partial charge in [-0.2, -0.15) is 0 Å². The molecule has 0 saturated heterocycles. The summed E-state index contributed by atoms with van der Waals surface area (Å²) in [6.45, 7) is 3.88. The van der Waals surface area contributed by atoms with Gasteiger partial charge in [0.1, 0.15) is 0 Å². The molecule has 0 heterocycles. The monoisotopic (exact) mass is 272 g/mol. The average Bonchev–Trinajstić information content (AvgIpc) is 2.97. The standard InChI is InChI=1S/C18H24O2/c1-13(4-3-5-14(2)10-18(19)20)6-8-16-11-15-7-9-17(16)12-15/h3-6,8,10,15-17H,7,9,11-12H2,1-2H3,(H,19,20)/b5-3?,8-6?,13-4?,14-10+. The first-order chi connectivity index (χ1) is 9.54. The van der Waals surface area contributed by atoms with E-state index in [-0.39, 0.29) is 0 Å². The van der Waals surface area contributed by atoms with Crippen LogP contribution in [0.1, 0.15) is 39.5 Å². The maximum absolute atomic E-state index is 10.5. The highest BCUT2D eigenvalue weighted by molar-refractivity contribution is 5.81. The third kappa shape index (κ3) is 4.22. The van der Waals surface area contributed by atoms with Crippen LogP contribution in [0, 0.1) is 17.8 Å². The van der Waals surface area contributed by atoms with E-state index in [4.69, 9.17) is 5.11 Å². The van der Waals surface area contributed by atoms with E-state index in [0.717, 1.165) is 23.3 Å². The van der Waals surface area contributed by atoms with Crippen LogP contribution < -0.4 is 0 Å². The molecule has 0 aromatic rings. The Bertz CT molecular complexity index is 480. The highest BCUT2D eigenvalue weighted by Crippen LogP contribution is 2.48. The molecule has 0 aromatic heterocycles. The molecule has 2 aliphatic rings. The number of hydrogen-bond donors (Lipinski definition) is 1. The number of hydrogen-bond acceptors (Lipinski definition) is 1. The van der Waals surface area contributed by atoms with Crippen molar-refractivity contribution in [1.82, 2.24) is 0 Å². The lowest BCUT2D eigenvalue weighted by atomic mass is 9.88. The number of carboxylic acid groups (broad SMARTS) is 1. The lowest BCUT2D eigenvalue weighted by molar-refractivity contribution is -0.131. The van der Waals surface area contributed by atoms with Gasteiger partial charge in [0, 0.05) is 6.08 Å². The van der Waals surface area contributed by atoms with Crippen molar-refractivity contribution in [1.29, 1.82) is 0 Å². The molecule has 2 nitrogen and oxygen atoms in total. The maximum Gasteiger partial charge on any atom is 0.328 e. The van der Waals surface area contributed by atoms with Crippen molar-refractivity contribution < 1.29 is 9.90 Å². The van der Waals surface area contributed by atoms with Gasteiger partial charge in [0.25, 0.3) is 0 Å². The fourth-order valence-corrected chi connectivity index (χ4v) is 3.46. The molecule has 20 heavy (non-hydrogen) atoms. The number of carbonyl (C=O) groups is 1. The smallest absolute Gasteiger partial charge is 0.328 e. The van der Waals surface area contributed by atoms with Gasteiger partial charge in [0.15, 0.2) is 0 Å². The van der Waals surface area contributed by atoms with Crippen molar-refractivity contribution in [2.24, 2.45) is 17.8 Å². The van der Waals surface area contributed by atoms with Crippen LogP contribution in [0.4, 0.5) is 0 Å². The van der Waals surface area contributed by atoms with Gasteiger partial charge in [0.2, 0.25) is 0 Å². The SMILES string of the molecule is CC(C=CC1CC2CCC1C2)=CC=C/C(C)=C/C(=O)O. The quantitative estimate of drug-likeness (QED) is 0.590. The van der Waals surface area contributed by atoms with Crippen molar-refractivity contribution in [3.63, 3.8) is 0 Å². The minimum absolute atomic E-state index is 0.749. The molecule has 3 unspecified atom stereocenters. The van der Waals surface area contributed by atoms with Crippen molar-refractivity contribution in [3.8, 4) is 0 Å². The first-order valence-electron chi connectivity index (χ1n) is 7.49. The third-order valence-corrected chi connectivity index (χ3v) is 4.47. The predicted octanol–water partition coefficient (Wildman–Crippen LogP) is 4.51. The second-order valence-corrected chi connectivity index (χ2v) is 6.19. The van der Waals surface area contributed by atoms with Gasteiger partial charge >= 0.3 is 5.97 Å². The molecule has 0 amide bonds. The van der Waals surface area contributed by atoms with Crippen molar-refractivity contribution in [2.75, 3.05) is 0 Å². The van der Waals surface area contributed by atoms with E-state index in [0.29, 0.717) is 0 Å². The number of carboxylic acids is 1.